The molecule has 1 unspecified atom stereocenters. The average Bonchev–Trinajstić information content (AvgIpc) is 3.73. The van der Waals surface area contributed by atoms with Crippen LogP contribution in [0.5, 0.6) is 0 Å². The van der Waals surface area contributed by atoms with Crippen molar-refractivity contribution in [2.45, 2.75) is 121 Å². The first-order valence-electron chi connectivity index (χ1n) is 23.6. The zero-order valence-corrected chi connectivity index (χ0v) is 37.3. The number of nitrogens with one attached hydrogen (secondary N) is 1. The number of aromatic nitrogens is 2. The number of halogens is 1. The molecule has 0 saturated carbocycles. The molecule has 3 atom stereocenters. The lowest BCUT2D eigenvalue weighted by molar-refractivity contribution is -0.136. The molecule has 1 aliphatic carbocycles. The van der Waals surface area contributed by atoms with Crippen LogP contribution in [-0.2, 0) is 27.3 Å². The van der Waals surface area contributed by atoms with Gasteiger partial charge in [0.15, 0.2) is 0 Å². The van der Waals surface area contributed by atoms with Gasteiger partial charge in [-0.2, -0.15) is 0 Å². The smallest absolute Gasteiger partial charge is 0.255 e. The van der Waals surface area contributed by atoms with E-state index in [2.05, 4.69) is 68.2 Å². The fourth-order valence-corrected chi connectivity index (χ4v) is 11.8. The van der Waals surface area contributed by atoms with Crippen LogP contribution in [0.3, 0.4) is 0 Å². The van der Waals surface area contributed by atoms with Gasteiger partial charge in [0.25, 0.3) is 5.91 Å². The Balaban J connectivity index is 0.697. The molecule has 3 aromatic rings. The summed E-state index contributed by atoms with van der Waals surface area (Å²) >= 11 is 0. The molecule has 12 nitrogen and oxygen atoms in total. The quantitative estimate of drug-likeness (QED) is 0.240. The van der Waals surface area contributed by atoms with Crippen molar-refractivity contribution in [3.63, 3.8) is 0 Å². The van der Waals surface area contributed by atoms with E-state index >= 15 is 4.39 Å². The molecule has 13 heteroatoms. The second kappa shape index (κ2) is 17.0. The Hall–Kier alpha value is -4.72. The zero-order valence-electron chi connectivity index (χ0n) is 37.3. The fourth-order valence-electron chi connectivity index (χ4n) is 11.8. The maximum Gasteiger partial charge on any atom is 0.255 e. The maximum absolute atomic E-state index is 15.3. The normalized spacial score (nSPS) is 25.9. The molecule has 4 fully saturated rings. The minimum atomic E-state index is -1.32. The van der Waals surface area contributed by atoms with E-state index in [0.717, 1.165) is 120 Å². The molecule has 1 aromatic heterocycles. The second-order valence-electron chi connectivity index (χ2n) is 20.1. The molecule has 63 heavy (non-hydrogen) atoms. The lowest BCUT2D eigenvalue weighted by Gasteiger charge is -2.44. The van der Waals surface area contributed by atoms with Gasteiger partial charge in [0.2, 0.25) is 17.8 Å². The first kappa shape index (κ1) is 42.2. The minimum Gasteiger partial charge on any atom is -0.373 e. The Morgan fingerprint density at radius 3 is 2.41 bits per heavy atom. The number of fused-ring (bicyclic) bond motifs is 3. The van der Waals surface area contributed by atoms with Crippen molar-refractivity contribution in [1.82, 2.24) is 30.0 Å². The highest BCUT2D eigenvalue weighted by Gasteiger charge is 2.43. The predicted octanol–water partition coefficient (Wildman–Crippen LogP) is 6.50. The summed E-state index contributed by atoms with van der Waals surface area (Å²) in [5, 5.41) is 2.39. The first-order valence-corrected chi connectivity index (χ1v) is 23.6. The molecule has 2 aromatic carbocycles. The van der Waals surface area contributed by atoms with E-state index in [4.69, 9.17) is 14.7 Å². The number of carbonyl (C=O) groups is 3. The van der Waals surface area contributed by atoms with Crippen LogP contribution < -0.4 is 15.1 Å². The third kappa shape index (κ3) is 8.53. The van der Waals surface area contributed by atoms with Crippen molar-refractivity contribution < 1.29 is 23.5 Å². The van der Waals surface area contributed by atoms with Crippen molar-refractivity contribution in [2.75, 3.05) is 68.8 Å². The lowest BCUT2D eigenvalue weighted by atomic mass is 9.85. The molecule has 1 N–H and O–H groups in total. The average molecular weight is 859 g/mol. The molecule has 7 heterocycles. The second-order valence-corrected chi connectivity index (χ2v) is 20.1. The Morgan fingerprint density at radius 2 is 1.65 bits per heavy atom. The van der Waals surface area contributed by atoms with Gasteiger partial charge in [-0.1, -0.05) is 24.3 Å². The number of benzene rings is 2. The van der Waals surface area contributed by atoms with Gasteiger partial charge in [-0.15, -0.1) is 0 Å². The SMILES string of the molecule is C[C@@H]1CC2=C(Cc3ccccc32)[C@@H](c2cnc(N3CCC4(CCN(CCC5CCN(c6ccc7c(c6)CN(C6CCC(=O)NC6=O)C7=O)CC5)CCO4)CC3)nc2)N1CC(C)(C)F. The number of anilines is 2. The van der Waals surface area contributed by atoms with Gasteiger partial charge >= 0.3 is 0 Å². The molecular formula is C50H63FN8O4. The largest absolute Gasteiger partial charge is 0.373 e. The molecule has 7 aliphatic rings. The van der Waals surface area contributed by atoms with Crippen LogP contribution in [0.15, 0.2) is 60.4 Å². The first-order chi connectivity index (χ1) is 30.4. The zero-order chi connectivity index (χ0) is 43.5. The summed E-state index contributed by atoms with van der Waals surface area (Å²) < 4.78 is 22.0. The Kier molecular flexibility index (Phi) is 11.4. The van der Waals surface area contributed by atoms with Crippen LogP contribution >= 0.6 is 0 Å². The Morgan fingerprint density at radius 1 is 0.889 bits per heavy atom. The third-order valence-electron chi connectivity index (χ3n) is 15.4. The molecule has 1 spiro atoms. The van der Waals surface area contributed by atoms with Gasteiger partial charge in [0, 0.05) is 94.0 Å². The van der Waals surface area contributed by atoms with Crippen LogP contribution in [0.25, 0.3) is 5.57 Å². The van der Waals surface area contributed by atoms with Crippen molar-refractivity contribution in [1.29, 1.82) is 0 Å². The highest BCUT2D eigenvalue weighted by molar-refractivity contribution is 6.05. The molecule has 3 amide bonds. The van der Waals surface area contributed by atoms with Crippen molar-refractivity contribution in [3.05, 3.63) is 88.2 Å². The van der Waals surface area contributed by atoms with Gasteiger partial charge in [-0.25, -0.2) is 14.4 Å². The van der Waals surface area contributed by atoms with E-state index in [0.29, 0.717) is 31.0 Å². The van der Waals surface area contributed by atoms with Crippen molar-refractivity contribution in [3.8, 4) is 0 Å². The van der Waals surface area contributed by atoms with Gasteiger partial charge in [-0.3, -0.25) is 24.6 Å². The Bertz CT molecular complexity index is 2260. The summed E-state index contributed by atoms with van der Waals surface area (Å²) in [5.74, 6) is 0.683. The molecule has 0 bridgehead atoms. The van der Waals surface area contributed by atoms with Gasteiger partial charge in [0.1, 0.15) is 11.7 Å². The summed E-state index contributed by atoms with van der Waals surface area (Å²) in [4.78, 5) is 58.6. The van der Waals surface area contributed by atoms with Crippen LogP contribution in [0.4, 0.5) is 16.0 Å². The summed E-state index contributed by atoms with van der Waals surface area (Å²) in [5.41, 5.74) is 7.88. The number of ether oxygens (including phenoxy) is 1. The molecule has 4 saturated heterocycles. The van der Waals surface area contributed by atoms with Crippen LogP contribution in [0, 0.1) is 5.92 Å². The molecular weight excluding hydrogens is 796 g/mol. The molecule has 6 aliphatic heterocycles. The maximum atomic E-state index is 15.3. The lowest BCUT2D eigenvalue weighted by Crippen LogP contribution is -2.52. The third-order valence-corrected chi connectivity index (χ3v) is 15.4. The van der Waals surface area contributed by atoms with Crippen LogP contribution in [-0.4, -0.2) is 125 Å². The van der Waals surface area contributed by atoms with E-state index in [-0.39, 0.29) is 41.8 Å². The number of piperidine rings is 3. The minimum absolute atomic E-state index is 0.0487. The number of nitrogens with zero attached hydrogens (tertiary/aromatic N) is 7. The highest BCUT2D eigenvalue weighted by atomic mass is 19.1. The molecule has 334 valence electrons. The number of hydrogen-bond acceptors (Lipinski definition) is 10. The fraction of sp³-hybridized carbons (Fsp3) is 0.580. The standard InChI is InChI=1S/C50H63FN8O4/c1-33-26-41-39-7-5-4-6-35(39)28-42(41)45(59(33)32-49(2,3)51)37-29-52-48(53-30-37)57-22-16-50(17-23-57)15-21-55(24-25-63-50)18-12-34-13-19-56(20-14-34)38-8-9-40-36(27-38)31-58(47(40)62)43-10-11-44(60)54-46(43)61/h4-9,27,29-30,33-34,43,45H,10-26,28,31-32H2,1-3H3,(H,54,60,61)/t33-,43?,45-/m1/s1. The van der Waals surface area contributed by atoms with E-state index in [1.54, 1.807) is 18.7 Å². The predicted molar refractivity (Wildman–Crippen MR) is 241 cm³/mol. The molecule has 0 radical (unpaired) electrons. The number of hydrogen-bond donors (Lipinski definition) is 1. The van der Waals surface area contributed by atoms with Gasteiger partial charge < -0.3 is 24.3 Å². The van der Waals surface area contributed by atoms with Crippen LogP contribution in [0.2, 0.25) is 0 Å². The number of rotatable bonds is 9. The van der Waals surface area contributed by atoms with E-state index in [9.17, 15) is 14.4 Å². The topological polar surface area (TPSA) is 114 Å². The number of alkyl halides is 1. The monoisotopic (exact) mass is 858 g/mol. The van der Waals surface area contributed by atoms with Crippen LogP contribution in [0.1, 0.15) is 117 Å². The van der Waals surface area contributed by atoms with Crippen molar-refractivity contribution in [2.24, 2.45) is 5.92 Å². The summed E-state index contributed by atoms with van der Waals surface area (Å²) in [6, 6.07) is 14.4. The Labute approximate surface area is 371 Å². The van der Waals surface area contributed by atoms with E-state index in [1.165, 1.54) is 28.7 Å². The number of amides is 3. The highest BCUT2D eigenvalue weighted by Crippen LogP contribution is 2.49. The van der Waals surface area contributed by atoms with E-state index < -0.39 is 11.7 Å². The summed E-state index contributed by atoms with van der Waals surface area (Å²) in [6.45, 7) is 14.0. The van der Waals surface area contributed by atoms with E-state index in [1.807, 2.05) is 18.5 Å². The summed E-state index contributed by atoms with van der Waals surface area (Å²) in [6.07, 6.45) is 12.9. The number of carbonyl (C=O) groups excluding carboxylic acids is 3. The van der Waals surface area contributed by atoms with Gasteiger partial charge in [0.05, 0.1) is 18.2 Å². The number of imide groups is 1. The summed E-state index contributed by atoms with van der Waals surface area (Å²) in [7, 11) is 0. The van der Waals surface area contributed by atoms with Crippen molar-refractivity contribution >= 4 is 34.9 Å². The molecule has 10 rings (SSSR count). The van der Waals surface area contributed by atoms with Gasteiger partial charge in [-0.05, 0) is 137 Å².